The molecule has 2 N–H and O–H groups in total. The zero-order valence-corrected chi connectivity index (χ0v) is 15.9. The molecule has 0 amide bonds. The van der Waals surface area contributed by atoms with Gasteiger partial charge in [-0.15, -0.1) is 0 Å². The Balaban J connectivity index is 1.84. The van der Waals surface area contributed by atoms with Crippen LogP contribution in [-0.4, -0.2) is 15.8 Å². The van der Waals surface area contributed by atoms with Crippen LogP contribution in [0.2, 0.25) is 0 Å². The number of aliphatic imine (C=N–C) groups is 1. The van der Waals surface area contributed by atoms with Crippen molar-refractivity contribution in [3.8, 4) is 0 Å². The van der Waals surface area contributed by atoms with Crippen LogP contribution in [0.5, 0.6) is 0 Å². The van der Waals surface area contributed by atoms with Crippen LogP contribution in [0, 0.1) is 5.82 Å². The van der Waals surface area contributed by atoms with E-state index in [0.29, 0.717) is 16.1 Å². The van der Waals surface area contributed by atoms with Crippen LogP contribution in [0.25, 0.3) is 0 Å². The average molecular weight is 423 g/mol. The van der Waals surface area contributed by atoms with Gasteiger partial charge in [0.2, 0.25) is 0 Å². The Hall–Kier alpha value is -2.60. The van der Waals surface area contributed by atoms with E-state index in [1.165, 1.54) is 6.07 Å². The Morgan fingerprint density at radius 3 is 2.52 bits per heavy atom. The molecule has 1 unspecified atom stereocenters. The van der Waals surface area contributed by atoms with Crippen LogP contribution >= 0.6 is 15.9 Å². The fourth-order valence-electron chi connectivity index (χ4n) is 3.89. The molecular formula is C21H16BrFN4. The van der Waals surface area contributed by atoms with Crippen molar-refractivity contribution in [3.05, 3.63) is 93.2 Å². The maximum absolute atomic E-state index is 14.6. The van der Waals surface area contributed by atoms with Gasteiger partial charge in [-0.2, -0.15) is 0 Å². The number of fused-ring (bicyclic) bond motifs is 1. The standard InChI is InChI=1S/C21H16BrFN4/c22-18-11-14(7-9-26-18)21(13-6-8-25-17(10-13)12-4-5-12)15-2-1-3-16(23)19(15)20(24)27-21/h1-3,6-12H,4-5H2,(H2,24,27). The first-order chi connectivity index (χ1) is 13.1. The summed E-state index contributed by atoms with van der Waals surface area (Å²) in [6.45, 7) is 0. The summed E-state index contributed by atoms with van der Waals surface area (Å²) in [5, 5.41) is 0. The van der Waals surface area contributed by atoms with Crippen LogP contribution in [-0.2, 0) is 5.54 Å². The third-order valence-corrected chi connectivity index (χ3v) is 5.72. The minimum atomic E-state index is -0.917. The molecule has 0 radical (unpaired) electrons. The Morgan fingerprint density at radius 1 is 1.04 bits per heavy atom. The fraction of sp³-hybridized carbons (Fsp3) is 0.190. The highest BCUT2D eigenvalue weighted by Gasteiger charge is 2.44. The van der Waals surface area contributed by atoms with E-state index in [1.807, 2.05) is 30.5 Å². The number of hydrogen-bond acceptors (Lipinski definition) is 4. The first kappa shape index (κ1) is 16.6. The second kappa shape index (κ2) is 5.96. The minimum Gasteiger partial charge on any atom is -0.383 e. The largest absolute Gasteiger partial charge is 0.383 e. The topological polar surface area (TPSA) is 64.2 Å². The Labute approximate surface area is 164 Å². The first-order valence-corrected chi connectivity index (χ1v) is 9.62. The number of nitrogens with zero attached hydrogens (tertiary/aromatic N) is 3. The van der Waals surface area contributed by atoms with E-state index in [1.54, 1.807) is 12.3 Å². The molecule has 1 fully saturated rings. The van der Waals surface area contributed by atoms with E-state index < -0.39 is 5.54 Å². The van der Waals surface area contributed by atoms with Gasteiger partial charge in [-0.05, 0) is 70.2 Å². The van der Waals surface area contributed by atoms with Crippen LogP contribution in [0.4, 0.5) is 4.39 Å². The molecule has 3 heterocycles. The Bertz CT molecular complexity index is 1090. The molecule has 1 aliphatic heterocycles. The summed E-state index contributed by atoms with van der Waals surface area (Å²) < 4.78 is 15.3. The summed E-state index contributed by atoms with van der Waals surface area (Å²) in [5.74, 6) is 0.349. The monoisotopic (exact) mass is 422 g/mol. The summed E-state index contributed by atoms with van der Waals surface area (Å²) in [4.78, 5) is 13.6. The van der Waals surface area contributed by atoms with Gasteiger partial charge in [0, 0.05) is 29.6 Å². The Kier molecular flexibility index (Phi) is 3.65. The second-order valence-corrected chi connectivity index (χ2v) is 7.79. The summed E-state index contributed by atoms with van der Waals surface area (Å²) in [6, 6.07) is 12.9. The van der Waals surface area contributed by atoms with Crippen molar-refractivity contribution >= 4 is 21.8 Å². The van der Waals surface area contributed by atoms with Crippen LogP contribution in [0.15, 0.2) is 64.5 Å². The molecule has 1 aliphatic carbocycles. The SMILES string of the molecule is NC1=NC(c2ccnc(Br)c2)(c2ccnc(C3CC3)c2)c2cccc(F)c21. The number of rotatable bonds is 3. The minimum absolute atomic E-state index is 0.209. The van der Waals surface area contributed by atoms with E-state index in [4.69, 9.17) is 10.7 Å². The van der Waals surface area contributed by atoms with Gasteiger partial charge in [-0.25, -0.2) is 14.4 Å². The molecule has 0 saturated heterocycles. The van der Waals surface area contributed by atoms with Gasteiger partial charge in [0.05, 0.1) is 5.56 Å². The highest BCUT2D eigenvalue weighted by Crippen LogP contribution is 2.48. The maximum atomic E-state index is 14.6. The van der Waals surface area contributed by atoms with Crippen molar-refractivity contribution < 1.29 is 4.39 Å². The summed E-state index contributed by atoms with van der Waals surface area (Å²) >= 11 is 3.45. The van der Waals surface area contributed by atoms with Gasteiger partial charge in [0.15, 0.2) is 0 Å². The zero-order valence-electron chi connectivity index (χ0n) is 14.4. The molecule has 1 aromatic carbocycles. The van der Waals surface area contributed by atoms with Crippen LogP contribution in [0.3, 0.4) is 0 Å². The molecule has 5 rings (SSSR count). The summed E-state index contributed by atoms with van der Waals surface area (Å²) in [7, 11) is 0. The highest BCUT2D eigenvalue weighted by atomic mass is 79.9. The number of hydrogen-bond donors (Lipinski definition) is 1. The molecule has 0 spiro atoms. The first-order valence-electron chi connectivity index (χ1n) is 8.83. The quantitative estimate of drug-likeness (QED) is 0.641. The predicted octanol–water partition coefficient (Wildman–Crippen LogP) is 4.27. The lowest BCUT2D eigenvalue weighted by Crippen LogP contribution is -2.26. The number of benzene rings is 1. The lowest BCUT2D eigenvalue weighted by atomic mass is 9.78. The smallest absolute Gasteiger partial charge is 0.139 e. The summed E-state index contributed by atoms with van der Waals surface area (Å²) in [6.07, 6.45) is 5.83. The van der Waals surface area contributed by atoms with Crippen LogP contribution in [0.1, 0.15) is 46.7 Å². The van der Waals surface area contributed by atoms with Gasteiger partial charge < -0.3 is 5.73 Å². The van der Waals surface area contributed by atoms with Crippen molar-refractivity contribution in [2.75, 3.05) is 0 Å². The van der Waals surface area contributed by atoms with E-state index >= 15 is 0 Å². The van der Waals surface area contributed by atoms with Gasteiger partial charge in [-0.1, -0.05) is 12.1 Å². The number of nitrogens with two attached hydrogens (primary N) is 1. The van der Waals surface area contributed by atoms with E-state index in [0.717, 1.165) is 35.2 Å². The Morgan fingerprint density at radius 2 is 1.78 bits per heavy atom. The molecule has 4 nitrogen and oxygen atoms in total. The molecule has 6 heteroatoms. The lowest BCUT2D eigenvalue weighted by molar-refractivity contribution is 0.615. The van der Waals surface area contributed by atoms with E-state index in [9.17, 15) is 4.39 Å². The highest BCUT2D eigenvalue weighted by molar-refractivity contribution is 9.10. The number of amidine groups is 1. The molecule has 1 saturated carbocycles. The van der Waals surface area contributed by atoms with Crippen molar-refractivity contribution in [2.45, 2.75) is 24.3 Å². The molecule has 3 aromatic rings. The van der Waals surface area contributed by atoms with Crippen molar-refractivity contribution in [2.24, 2.45) is 10.7 Å². The second-order valence-electron chi connectivity index (χ2n) is 6.98. The third-order valence-electron chi connectivity index (χ3n) is 5.29. The number of halogens is 2. The third kappa shape index (κ3) is 2.51. The van der Waals surface area contributed by atoms with Crippen LogP contribution < -0.4 is 5.73 Å². The lowest BCUT2D eigenvalue weighted by Gasteiger charge is -2.29. The average Bonchev–Trinajstić information content (AvgIpc) is 3.47. The van der Waals surface area contributed by atoms with E-state index in [-0.39, 0.29) is 11.7 Å². The van der Waals surface area contributed by atoms with Gasteiger partial charge >= 0.3 is 0 Å². The normalized spacial score (nSPS) is 21.0. The zero-order chi connectivity index (χ0) is 18.6. The molecule has 134 valence electrons. The van der Waals surface area contributed by atoms with Crippen molar-refractivity contribution in [1.29, 1.82) is 0 Å². The molecular weight excluding hydrogens is 407 g/mol. The molecule has 1 atom stereocenters. The van der Waals surface area contributed by atoms with E-state index in [2.05, 4.69) is 32.0 Å². The van der Waals surface area contributed by atoms with Gasteiger partial charge in [-0.3, -0.25) is 4.98 Å². The summed E-state index contributed by atoms with van der Waals surface area (Å²) in [5.41, 5.74) is 9.28. The van der Waals surface area contributed by atoms with Gasteiger partial charge in [0.25, 0.3) is 0 Å². The molecule has 0 bridgehead atoms. The molecule has 2 aromatic heterocycles. The predicted molar refractivity (Wildman–Crippen MR) is 105 cm³/mol. The van der Waals surface area contributed by atoms with Gasteiger partial charge in [0.1, 0.15) is 21.8 Å². The maximum Gasteiger partial charge on any atom is 0.139 e. The van der Waals surface area contributed by atoms with Crippen molar-refractivity contribution in [3.63, 3.8) is 0 Å². The fourth-order valence-corrected chi connectivity index (χ4v) is 4.26. The molecule has 2 aliphatic rings. The number of pyridine rings is 2. The van der Waals surface area contributed by atoms with Crippen molar-refractivity contribution in [1.82, 2.24) is 9.97 Å². The molecule has 27 heavy (non-hydrogen) atoms. The number of aromatic nitrogens is 2.